The van der Waals surface area contributed by atoms with Gasteiger partial charge in [-0.3, -0.25) is 4.79 Å². The number of aromatic nitrogens is 1. The molecule has 0 atom stereocenters. The van der Waals surface area contributed by atoms with Gasteiger partial charge in [0, 0.05) is 32.3 Å². The smallest absolute Gasteiger partial charge is 0.329 e. The topological polar surface area (TPSA) is 112 Å². The Morgan fingerprint density at radius 2 is 2.10 bits per heavy atom. The molecule has 1 amide bonds. The average Bonchev–Trinajstić information content (AvgIpc) is 2.48. The fourth-order valence-corrected chi connectivity index (χ4v) is 1.99. The molecule has 2 N–H and O–H groups in total. The number of aliphatic carboxylic acids is 1. The highest BCUT2D eigenvalue weighted by Gasteiger charge is 2.41. The molecular weight excluding hydrogens is 262 g/mol. The van der Waals surface area contributed by atoms with Gasteiger partial charge in [0.05, 0.1) is 5.56 Å². The van der Waals surface area contributed by atoms with Gasteiger partial charge in [0.15, 0.2) is 0 Å². The minimum Gasteiger partial charge on any atom is -0.480 e. The highest BCUT2D eigenvalue weighted by Crippen LogP contribution is 2.21. The van der Waals surface area contributed by atoms with Crippen molar-refractivity contribution in [3.8, 4) is 6.07 Å². The first kappa shape index (κ1) is 14.0. The molecule has 1 fully saturated rings. The van der Waals surface area contributed by atoms with Crippen molar-refractivity contribution in [2.24, 2.45) is 0 Å². The van der Waals surface area contributed by atoms with Crippen LogP contribution in [0.25, 0.3) is 0 Å². The molecule has 104 valence electrons. The van der Waals surface area contributed by atoms with Crippen molar-refractivity contribution in [1.82, 2.24) is 10.3 Å². The van der Waals surface area contributed by atoms with Gasteiger partial charge >= 0.3 is 5.97 Å². The van der Waals surface area contributed by atoms with Gasteiger partial charge < -0.3 is 15.2 Å². The molecular formula is C13H13N3O4. The molecule has 0 radical (unpaired) electrons. The first-order valence-electron chi connectivity index (χ1n) is 6.07. The third kappa shape index (κ3) is 2.75. The van der Waals surface area contributed by atoms with Crippen molar-refractivity contribution < 1.29 is 19.4 Å². The zero-order chi connectivity index (χ0) is 14.6. The fourth-order valence-electron chi connectivity index (χ4n) is 1.99. The zero-order valence-electron chi connectivity index (χ0n) is 10.6. The zero-order valence-corrected chi connectivity index (χ0v) is 10.6. The largest absolute Gasteiger partial charge is 0.480 e. The van der Waals surface area contributed by atoms with Crippen LogP contribution in [0.4, 0.5) is 0 Å². The van der Waals surface area contributed by atoms with E-state index in [2.05, 4.69) is 10.3 Å². The quantitative estimate of drug-likeness (QED) is 0.821. The van der Waals surface area contributed by atoms with Gasteiger partial charge in [-0.25, -0.2) is 9.78 Å². The molecule has 2 heterocycles. The maximum absolute atomic E-state index is 12.1. The van der Waals surface area contributed by atoms with E-state index in [1.54, 1.807) is 0 Å². The van der Waals surface area contributed by atoms with Crippen LogP contribution in [0.5, 0.6) is 0 Å². The van der Waals surface area contributed by atoms with Gasteiger partial charge in [0.1, 0.15) is 17.3 Å². The number of ether oxygens (including phenoxy) is 1. The number of amides is 1. The van der Waals surface area contributed by atoms with Crippen LogP contribution in [0.15, 0.2) is 18.3 Å². The molecule has 1 aliphatic heterocycles. The summed E-state index contributed by atoms with van der Waals surface area (Å²) in [5, 5.41) is 20.5. The van der Waals surface area contributed by atoms with E-state index in [4.69, 9.17) is 10.00 Å². The van der Waals surface area contributed by atoms with E-state index in [0.29, 0.717) is 5.56 Å². The second kappa shape index (κ2) is 5.67. The van der Waals surface area contributed by atoms with Crippen molar-refractivity contribution >= 4 is 11.9 Å². The molecule has 1 aliphatic rings. The highest BCUT2D eigenvalue weighted by molar-refractivity contribution is 5.96. The summed E-state index contributed by atoms with van der Waals surface area (Å²) in [6.45, 7) is 0.570. The molecule has 0 saturated carbocycles. The predicted octanol–water partition coefficient (Wildman–Crippen LogP) is 0.317. The van der Waals surface area contributed by atoms with E-state index >= 15 is 0 Å². The fraction of sp³-hybridized carbons (Fsp3) is 0.385. The average molecular weight is 275 g/mol. The molecule has 0 spiro atoms. The molecule has 1 aromatic rings. The number of carboxylic acids is 1. The summed E-state index contributed by atoms with van der Waals surface area (Å²) in [5.41, 5.74) is -0.901. The van der Waals surface area contributed by atoms with Crippen LogP contribution in [-0.2, 0) is 9.53 Å². The van der Waals surface area contributed by atoms with E-state index in [9.17, 15) is 14.7 Å². The summed E-state index contributed by atoms with van der Waals surface area (Å²) in [6, 6.07) is 4.74. The molecule has 7 heteroatoms. The number of carbonyl (C=O) groups excluding carboxylic acids is 1. The number of hydrogen-bond acceptors (Lipinski definition) is 5. The lowest BCUT2D eigenvalue weighted by Crippen LogP contribution is -2.57. The standard InChI is InChI=1S/C13H13N3O4/c14-7-9-1-2-10(15-8-9)11(17)16-13(12(18)19)3-5-20-6-4-13/h1-2,8H,3-6H2,(H,16,17)(H,18,19). The Kier molecular flexibility index (Phi) is 3.96. The number of hydrogen-bond donors (Lipinski definition) is 2. The van der Waals surface area contributed by atoms with E-state index in [0.717, 1.165) is 0 Å². The minimum atomic E-state index is -1.31. The Labute approximate surface area is 115 Å². The molecule has 2 rings (SSSR count). The molecule has 20 heavy (non-hydrogen) atoms. The number of pyridine rings is 1. The number of nitrogens with one attached hydrogen (secondary N) is 1. The second-order valence-electron chi connectivity index (χ2n) is 4.50. The van der Waals surface area contributed by atoms with Gasteiger partial charge in [-0.05, 0) is 12.1 Å². The monoisotopic (exact) mass is 275 g/mol. The number of nitriles is 1. The Bertz CT molecular complexity index is 556. The lowest BCUT2D eigenvalue weighted by molar-refractivity contribution is -0.148. The third-order valence-electron chi connectivity index (χ3n) is 3.23. The van der Waals surface area contributed by atoms with Crippen LogP contribution in [0.2, 0.25) is 0 Å². The Balaban J connectivity index is 2.16. The first-order chi connectivity index (χ1) is 9.57. The van der Waals surface area contributed by atoms with Crippen LogP contribution in [-0.4, -0.2) is 40.7 Å². The van der Waals surface area contributed by atoms with Gasteiger partial charge in [-0.15, -0.1) is 0 Å². The van der Waals surface area contributed by atoms with Gasteiger partial charge in [0.25, 0.3) is 5.91 Å². The second-order valence-corrected chi connectivity index (χ2v) is 4.50. The molecule has 1 aromatic heterocycles. The Hall–Kier alpha value is -2.46. The summed E-state index contributed by atoms with van der Waals surface area (Å²) in [5.74, 6) is -1.65. The molecule has 1 saturated heterocycles. The molecule has 0 aromatic carbocycles. The van der Waals surface area contributed by atoms with Crippen LogP contribution < -0.4 is 5.32 Å². The van der Waals surface area contributed by atoms with Crippen LogP contribution in [0.3, 0.4) is 0 Å². The van der Waals surface area contributed by atoms with Crippen molar-refractivity contribution in [3.63, 3.8) is 0 Å². The number of carbonyl (C=O) groups is 2. The van der Waals surface area contributed by atoms with Crippen molar-refractivity contribution in [3.05, 3.63) is 29.6 Å². The lowest BCUT2D eigenvalue weighted by atomic mass is 9.90. The Morgan fingerprint density at radius 1 is 1.40 bits per heavy atom. The summed E-state index contributed by atoms with van der Waals surface area (Å²) in [6.07, 6.45) is 1.70. The molecule has 0 aliphatic carbocycles. The van der Waals surface area contributed by atoms with Gasteiger partial charge in [0.2, 0.25) is 0 Å². The molecule has 0 unspecified atom stereocenters. The van der Waals surface area contributed by atoms with E-state index < -0.39 is 17.4 Å². The maximum atomic E-state index is 12.1. The number of nitrogens with zero attached hydrogens (tertiary/aromatic N) is 2. The maximum Gasteiger partial charge on any atom is 0.329 e. The van der Waals surface area contributed by atoms with Crippen molar-refractivity contribution in [2.75, 3.05) is 13.2 Å². The van der Waals surface area contributed by atoms with E-state index in [-0.39, 0.29) is 31.7 Å². The predicted molar refractivity (Wildman–Crippen MR) is 66.8 cm³/mol. The van der Waals surface area contributed by atoms with Crippen molar-refractivity contribution in [1.29, 1.82) is 5.26 Å². The van der Waals surface area contributed by atoms with Gasteiger partial charge in [-0.2, -0.15) is 5.26 Å². The first-order valence-corrected chi connectivity index (χ1v) is 6.07. The van der Waals surface area contributed by atoms with Crippen LogP contribution in [0, 0.1) is 11.3 Å². The SMILES string of the molecule is N#Cc1ccc(C(=O)NC2(C(=O)O)CCOCC2)nc1. The third-order valence-corrected chi connectivity index (χ3v) is 3.23. The molecule has 0 bridgehead atoms. The summed E-state index contributed by atoms with van der Waals surface area (Å²) in [7, 11) is 0. The number of rotatable bonds is 3. The van der Waals surface area contributed by atoms with E-state index in [1.165, 1.54) is 18.3 Å². The van der Waals surface area contributed by atoms with Gasteiger partial charge in [-0.1, -0.05) is 0 Å². The summed E-state index contributed by atoms with van der Waals surface area (Å²) >= 11 is 0. The summed E-state index contributed by atoms with van der Waals surface area (Å²) in [4.78, 5) is 27.3. The van der Waals surface area contributed by atoms with Crippen LogP contribution >= 0.6 is 0 Å². The van der Waals surface area contributed by atoms with Crippen LogP contribution in [0.1, 0.15) is 28.9 Å². The minimum absolute atomic E-state index is 0.0797. The highest BCUT2D eigenvalue weighted by atomic mass is 16.5. The van der Waals surface area contributed by atoms with E-state index in [1.807, 2.05) is 6.07 Å². The Morgan fingerprint density at radius 3 is 2.60 bits per heavy atom. The number of carboxylic acid groups (broad SMARTS) is 1. The normalized spacial score (nSPS) is 16.9. The van der Waals surface area contributed by atoms with Crippen molar-refractivity contribution in [2.45, 2.75) is 18.4 Å². The molecule has 7 nitrogen and oxygen atoms in total. The summed E-state index contributed by atoms with van der Waals surface area (Å²) < 4.78 is 5.13. The lowest BCUT2D eigenvalue weighted by Gasteiger charge is -2.33.